The van der Waals surface area contributed by atoms with Gasteiger partial charge in [-0.3, -0.25) is 9.89 Å². The molecule has 0 amide bonds. The minimum atomic E-state index is 0. The van der Waals surface area contributed by atoms with Gasteiger partial charge in [0.2, 0.25) is 0 Å². The summed E-state index contributed by atoms with van der Waals surface area (Å²) in [6, 6.07) is 8.69. The molecule has 0 bridgehead atoms. The molecule has 1 N–H and O–H groups in total. The van der Waals surface area contributed by atoms with Gasteiger partial charge in [-0.05, 0) is 63.4 Å². The van der Waals surface area contributed by atoms with Crippen LogP contribution in [0.5, 0.6) is 0 Å². The number of halogens is 2. The van der Waals surface area contributed by atoms with Crippen LogP contribution in [0.15, 0.2) is 29.3 Å². The molecule has 7 heteroatoms. The summed E-state index contributed by atoms with van der Waals surface area (Å²) in [6.45, 7) is 7.72. The molecule has 0 saturated carbocycles. The zero-order valence-electron chi connectivity index (χ0n) is 17.9. The van der Waals surface area contributed by atoms with Gasteiger partial charge in [0.05, 0.1) is 6.61 Å². The Kier molecular flexibility index (Phi) is 10.5. The number of aliphatic imine (C=N–C) groups is 1. The van der Waals surface area contributed by atoms with Gasteiger partial charge in [-0.1, -0.05) is 23.7 Å². The summed E-state index contributed by atoms with van der Waals surface area (Å²) >= 11 is 6.28. The van der Waals surface area contributed by atoms with E-state index in [0.717, 1.165) is 56.8 Å². The monoisotopic (exact) mass is 534 g/mol. The van der Waals surface area contributed by atoms with E-state index in [4.69, 9.17) is 21.3 Å². The van der Waals surface area contributed by atoms with Gasteiger partial charge in [-0.15, -0.1) is 24.0 Å². The molecule has 2 fully saturated rings. The maximum atomic E-state index is 6.28. The van der Waals surface area contributed by atoms with E-state index in [1.807, 2.05) is 6.07 Å². The van der Waals surface area contributed by atoms with E-state index in [9.17, 15) is 0 Å². The molecule has 0 radical (unpaired) electrons. The van der Waals surface area contributed by atoms with Crippen LogP contribution in [0.1, 0.15) is 37.8 Å². The third-order valence-electron chi connectivity index (χ3n) is 5.93. The van der Waals surface area contributed by atoms with Gasteiger partial charge in [-0.25, -0.2) is 0 Å². The number of hydrogen-bond donors (Lipinski definition) is 1. The molecule has 29 heavy (non-hydrogen) atoms. The summed E-state index contributed by atoms with van der Waals surface area (Å²) in [5.74, 6) is 2.11. The van der Waals surface area contributed by atoms with Crippen LogP contribution >= 0.6 is 35.6 Å². The summed E-state index contributed by atoms with van der Waals surface area (Å²) in [4.78, 5) is 9.77. The lowest BCUT2D eigenvalue weighted by molar-refractivity contribution is 0.125. The Morgan fingerprint density at radius 1 is 1.38 bits per heavy atom. The van der Waals surface area contributed by atoms with Crippen molar-refractivity contribution in [2.24, 2.45) is 16.8 Å². The predicted octanol–water partition coefficient (Wildman–Crippen LogP) is 4.27. The first-order valence-corrected chi connectivity index (χ1v) is 11.0. The Hall–Kier alpha value is -0.570. The van der Waals surface area contributed by atoms with Gasteiger partial charge in [0, 0.05) is 50.3 Å². The number of rotatable bonds is 6. The van der Waals surface area contributed by atoms with Crippen LogP contribution in [-0.2, 0) is 4.74 Å². The average Bonchev–Trinajstić information content (AvgIpc) is 3.18. The fraction of sp³-hybridized carbons (Fsp3) is 0.682. The molecule has 0 aliphatic carbocycles. The van der Waals surface area contributed by atoms with E-state index in [-0.39, 0.29) is 24.0 Å². The Bertz CT molecular complexity index is 653. The first-order valence-electron chi connectivity index (χ1n) is 10.6. The number of piperidine rings is 1. The van der Waals surface area contributed by atoms with Gasteiger partial charge in [0.25, 0.3) is 0 Å². The fourth-order valence-corrected chi connectivity index (χ4v) is 4.74. The smallest absolute Gasteiger partial charge is 0.193 e. The number of benzene rings is 1. The SMILES string of the molecule is CCNC(=NCC1CCCN(C)C1c1cccc(Cl)c1)N(C)CC1CCOC1.I. The Morgan fingerprint density at radius 2 is 2.21 bits per heavy atom. The Balaban J connectivity index is 0.00000300. The molecule has 3 rings (SSSR count). The average molecular weight is 535 g/mol. The third-order valence-corrected chi connectivity index (χ3v) is 6.16. The Morgan fingerprint density at radius 3 is 2.90 bits per heavy atom. The van der Waals surface area contributed by atoms with Crippen LogP contribution < -0.4 is 5.32 Å². The van der Waals surface area contributed by atoms with E-state index in [0.29, 0.717) is 17.9 Å². The molecule has 2 heterocycles. The van der Waals surface area contributed by atoms with Crippen molar-refractivity contribution < 1.29 is 4.74 Å². The largest absolute Gasteiger partial charge is 0.381 e. The number of ether oxygens (including phenoxy) is 1. The van der Waals surface area contributed by atoms with Crippen molar-refractivity contribution in [3.05, 3.63) is 34.9 Å². The minimum Gasteiger partial charge on any atom is -0.381 e. The van der Waals surface area contributed by atoms with Gasteiger partial charge in [0.1, 0.15) is 0 Å². The number of guanidine groups is 1. The highest BCUT2D eigenvalue weighted by atomic mass is 127. The van der Waals surface area contributed by atoms with Gasteiger partial charge in [0.15, 0.2) is 5.96 Å². The zero-order valence-corrected chi connectivity index (χ0v) is 21.0. The van der Waals surface area contributed by atoms with Crippen LogP contribution in [0.4, 0.5) is 0 Å². The van der Waals surface area contributed by atoms with Crippen molar-refractivity contribution in [1.29, 1.82) is 0 Å². The molecule has 1 aromatic rings. The predicted molar refractivity (Wildman–Crippen MR) is 132 cm³/mol. The molecule has 3 atom stereocenters. The first kappa shape index (κ1) is 24.7. The topological polar surface area (TPSA) is 40.1 Å². The molecule has 0 aromatic heterocycles. The van der Waals surface area contributed by atoms with Crippen LogP contribution in [0.2, 0.25) is 5.02 Å². The highest BCUT2D eigenvalue weighted by Crippen LogP contribution is 2.36. The van der Waals surface area contributed by atoms with Crippen molar-refractivity contribution in [2.45, 2.75) is 32.2 Å². The van der Waals surface area contributed by atoms with Crippen molar-refractivity contribution >= 4 is 41.5 Å². The summed E-state index contributed by atoms with van der Waals surface area (Å²) in [7, 11) is 4.36. The molecule has 2 aliphatic rings. The summed E-state index contributed by atoms with van der Waals surface area (Å²) < 4.78 is 5.53. The van der Waals surface area contributed by atoms with Crippen LogP contribution in [-0.4, -0.2) is 69.2 Å². The highest BCUT2D eigenvalue weighted by Gasteiger charge is 2.30. The van der Waals surface area contributed by atoms with Crippen LogP contribution in [0, 0.1) is 11.8 Å². The van der Waals surface area contributed by atoms with Gasteiger partial charge < -0.3 is 15.0 Å². The molecule has 2 aliphatic heterocycles. The van der Waals surface area contributed by atoms with Crippen LogP contribution in [0.25, 0.3) is 0 Å². The number of hydrogen-bond acceptors (Lipinski definition) is 3. The van der Waals surface area contributed by atoms with Crippen molar-refractivity contribution in [1.82, 2.24) is 15.1 Å². The second kappa shape index (κ2) is 12.3. The van der Waals surface area contributed by atoms with Crippen LogP contribution in [0.3, 0.4) is 0 Å². The summed E-state index contributed by atoms with van der Waals surface area (Å²) in [6.07, 6.45) is 3.57. The lowest BCUT2D eigenvalue weighted by atomic mass is 9.85. The standard InChI is InChI=1S/C22H35ClN4O.HI/c1-4-24-22(27(3)15-17-10-12-28-16-17)25-14-19-8-6-11-26(2)21(19)18-7-5-9-20(23)13-18;/h5,7,9,13,17,19,21H,4,6,8,10-12,14-16H2,1-3H3,(H,24,25);1H. The lowest BCUT2D eigenvalue weighted by Crippen LogP contribution is -2.42. The van der Waals surface area contributed by atoms with Gasteiger partial charge >= 0.3 is 0 Å². The fourth-order valence-electron chi connectivity index (χ4n) is 4.54. The van der Waals surface area contributed by atoms with E-state index < -0.39 is 0 Å². The quantitative estimate of drug-likeness (QED) is 0.336. The minimum absolute atomic E-state index is 0. The van der Waals surface area contributed by atoms with E-state index in [1.165, 1.54) is 18.4 Å². The molecular formula is C22H36ClIN4O. The maximum Gasteiger partial charge on any atom is 0.193 e. The Labute approximate surface area is 198 Å². The molecule has 5 nitrogen and oxygen atoms in total. The van der Waals surface area contributed by atoms with Gasteiger partial charge in [-0.2, -0.15) is 0 Å². The number of likely N-dealkylation sites (tertiary alicyclic amines) is 1. The van der Waals surface area contributed by atoms with Crippen molar-refractivity contribution in [2.75, 3.05) is 53.5 Å². The maximum absolute atomic E-state index is 6.28. The summed E-state index contributed by atoms with van der Waals surface area (Å²) in [5, 5.41) is 4.28. The molecule has 3 unspecified atom stereocenters. The molecule has 0 spiro atoms. The van der Waals surface area contributed by atoms with E-state index in [2.05, 4.69) is 54.3 Å². The second-order valence-electron chi connectivity index (χ2n) is 8.19. The van der Waals surface area contributed by atoms with Crippen molar-refractivity contribution in [3.63, 3.8) is 0 Å². The zero-order chi connectivity index (χ0) is 19.9. The van der Waals surface area contributed by atoms with E-state index in [1.54, 1.807) is 0 Å². The normalized spacial score (nSPS) is 25.5. The van der Waals surface area contributed by atoms with Crippen molar-refractivity contribution in [3.8, 4) is 0 Å². The molecule has 1 aromatic carbocycles. The first-order chi connectivity index (χ1) is 13.6. The number of nitrogens with zero attached hydrogens (tertiary/aromatic N) is 3. The van der Waals surface area contributed by atoms with E-state index >= 15 is 0 Å². The second-order valence-corrected chi connectivity index (χ2v) is 8.62. The lowest BCUT2D eigenvalue weighted by Gasteiger charge is -2.39. The molecule has 2 saturated heterocycles. The summed E-state index contributed by atoms with van der Waals surface area (Å²) in [5.41, 5.74) is 1.30. The third kappa shape index (κ3) is 6.97. The number of nitrogens with one attached hydrogen (secondary N) is 1. The highest BCUT2D eigenvalue weighted by molar-refractivity contribution is 14.0. The molecule has 164 valence electrons. The molecular weight excluding hydrogens is 499 g/mol.